The molecule has 0 heterocycles. The quantitative estimate of drug-likeness (QED) is 0.0729. The maximum Gasteiger partial charge on any atom is 0.460 e. The standard InChI is InChI=1S/C29H41F18NO/c1-3-5-6-7-8-9-10-11-12-13-14-15-16-17-18-48-20(49)19-21(30,4-2)22(31,32)23(33,34)24(35,36)25(37,38)26(39,40)27(41,42)28(43,44)29(45,46)47/h3-19H2,1-2H3,(H,48,49). The summed E-state index contributed by atoms with van der Waals surface area (Å²) in [4.78, 5) is 12.0. The predicted octanol–water partition coefficient (Wildman–Crippen LogP) is 12.1. The molecule has 0 aliphatic rings. The van der Waals surface area contributed by atoms with E-state index in [1.165, 1.54) is 19.3 Å². The molecule has 1 atom stereocenters. The molecule has 0 aromatic carbocycles. The van der Waals surface area contributed by atoms with Crippen LogP contribution in [0.15, 0.2) is 0 Å². The van der Waals surface area contributed by atoms with Crippen molar-refractivity contribution in [1.82, 2.24) is 5.32 Å². The Morgan fingerprint density at radius 1 is 0.408 bits per heavy atom. The Hall–Kier alpha value is -1.79. The van der Waals surface area contributed by atoms with Gasteiger partial charge in [0.1, 0.15) is 0 Å². The first kappa shape index (κ1) is 47.2. The lowest BCUT2D eigenvalue weighted by molar-refractivity contribution is -0.465. The summed E-state index contributed by atoms with van der Waals surface area (Å²) in [6.07, 6.45) is 0.480. The fourth-order valence-electron chi connectivity index (χ4n) is 4.77. The van der Waals surface area contributed by atoms with Crippen molar-refractivity contribution in [2.75, 3.05) is 6.54 Å². The lowest BCUT2D eigenvalue weighted by atomic mass is 9.81. The number of alkyl halides is 18. The number of amides is 1. The molecular weight excluding hydrogens is 720 g/mol. The van der Waals surface area contributed by atoms with E-state index in [0.29, 0.717) is 12.8 Å². The maximum atomic E-state index is 15.1. The van der Waals surface area contributed by atoms with E-state index >= 15 is 4.39 Å². The predicted molar refractivity (Wildman–Crippen MR) is 143 cm³/mol. The van der Waals surface area contributed by atoms with E-state index < -0.39 is 78.6 Å². The summed E-state index contributed by atoms with van der Waals surface area (Å²) in [7, 11) is 0. The van der Waals surface area contributed by atoms with Gasteiger partial charge in [0, 0.05) is 6.54 Å². The average Bonchev–Trinajstić information content (AvgIpc) is 2.97. The molecule has 1 amide bonds. The number of hydrogen-bond acceptors (Lipinski definition) is 1. The third kappa shape index (κ3) is 9.96. The van der Waals surface area contributed by atoms with E-state index in [-0.39, 0.29) is 13.3 Å². The molecule has 0 aliphatic heterocycles. The van der Waals surface area contributed by atoms with E-state index in [4.69, 9.17) is 0 Å². The Balaban J connectivity index is 5.39. The van der Waals surface area contributed by atoms with Crippen molar-refractivity contribution in [2.24, 2.45) is 0 Å². The highest BCUT2D eigenvalue weighted by Gasteiger charge is 2.96. The number of rotatable bonds is 25. The van der Waals surface area contributed by atoms with E-state index in [9.17, 15) is 79.4 Å². The molecule has 0 saturated carbocycles. The lowest BCUT2D eigenvalue weighted by Gasteiger charge is -2.45. The van der Waals surface area contributed by atoms with Crippen LogP contribution in [0.3, 0.4) is 0 Å². The van der Waals surface area contributed by atoms with Gasteiger partial charge in [-0.15, -0.1) is 0 Å². The fraction of sp³-hybridized carbons (Fsp3) is 0.966. The summed E-state index contributed by atoms with van der Waals surface area (Å²) in [6, 6.07) is 0. The third-order valence-electron chi connectivity index (χ3n) is 8.14. The van der Waals surface area contributed by atoms with Gasteiger partial charge in [-0.25, -0.2) is 4.39 Å². The summed E-state index contributed by atoms with van der Waals surface area (Å²) in [5, 5.41) is 1.78. The van der Waals surface area contributed by atoms with Gasteiger partial charge in [0.25, 0.3) is 0 Å². The number of carbonyl (C=O) groups excluding carboxylic acids is 1. The van der Waals surface area contributed by atoms with Crippen LogP contribution in [0.2, 0.25) is 0 Å². The molecule has 0 aromatic heterocycles. The molecule has 0 radical (unpaired) electrons. The minimum atomic E-state index is -8.81. The van der Waals surface area contributed by atoms with Crippen molar-refractivity contribution in [1.29, 1.82) is 0 Å². The van der Waals surface area contributed by atoms with Crippen molar-refractivity contribution in [3.63, 3.8) is 0 Å². The highest BCUT2D eigenvalue weighted by Crippen LogP contribution is 2.65. The summed E-state index contributed by atoms with van der Waals surface area (Å²) in [5.74, 6) is -60.6. The first-order chi connectivity index (χ1) is 22.0. The van der Waals surface area contributed by atoms with Crippen molar-refractivity contribution in [3.05, 3.63) is 0 Å². The largest absolute Gasteiger partial charge is 0.460 e. The number of nitrogens with one attached hydrogen (secondary N) is 1. The number of carbonyl (C=O) groups is 1. The van der Waals surface area contributed by atoms with Gasteiger partial charge in [0.15, 0.2) is 5.67 Å². The van der Waals surface area contributed by atoms with Gasteiger partial charge in [-0.3, -0.25) is 4.79 Å². The first-order valence-corrected chi connectivity index (χ1v) is 15.7. The van der Waals surface area contributed by atoms with E-state index in [0.717, 1.165) is 51.4 Å². The average molecular weight is 762 g/mol. The molecule has 0 bridgehead atoms. The Bertz CT molecular complexity index is 998. The van der Waals surface area contributed by atoms with Crippen LogP contribution in [0.5, 0.6) is 0 Å². The highest BCUT2D eigenvalue weighted by molar-refractivity contribution is 5.77. The van der Waals surface area contributed by atoms with Gasteiger partial charge in [-0.05, 0) is 12.8 Å². The van der Waals surface area contributed by atoms with Gasteiger partial charge in [0.05, 0.1) is 6.42 Å². The summed E-state index contributed by atoms with van der Waals surface area (Å²) in [5.41, 5.74) is -5.29. The molecule has 0 aromatic rings. The van der Waals surface area contributed by atoms with Crippen LogP contribution < -0.4 is 5.32 Å². The molecule has 2 nitrogen and oxygen atoms in total. The maximum absolute atomic E-state index is 15.1. The second-order valence-electron chi connectivity index (χ2n) is 12.0. The van der Waals surface area contributed by atoms with Gasteiger partial charge < -0.3 is 5.32 Å². The summed E-state index contributed by atoms with van der Waals surface area (Å²) in [6.45, 7) is 1.91. The molecule has 49 heavy (non-hydrogen) atoms. The molecule has 0 fully saturated rings. The Morgan fingerprint density at radius 3 is 1.00 bits per heavy atom. The molecule has 294 valence electrons. The molecule has 0 spiro atoms. The monoisotopic (exact) mass is 761 g/mol. The van der Waals surface area contributed by atoms with Gasteiger partial charge in [0.2, 0.25) is 5.91 Å². The van der Waals surface area contributed by atoms with Gasteiger partial charge in [-0.2, -0.15) is 74.6 Å². The molecule has 20 heteroatoms. The van der Waals surface area contributed by atoms with Crippen molar-refractivity contribution in [2.45, 2.75) is 170 Å². The molecule has 1 unspecified atom stereocenters. The first-order valence-electron chi connectivity index (χ1n) is 15.7. The summed E-state index contributed by atoms with van der Waals surface area (Å²) < 4.78 is 246. The van der Waals surface area contributed by atoms with Crippen LogP contribution in [0.4, 0.5) is 79.0 Å². The van der Waals surface area contributed by atoms with E-state index in [1.807, 2.05) is 0 Å². The zero-order valence-corrected chi connectivity index (χ0v) is 26.7. The van der Waals surface area contributed by atoms with Crippen molar-refractivity contribution >= 4 is 5.91 Å². The second-order valence-corrected chi connectivity index (χ2v) is 12.0. The minimum Gasteiger partial charge on any atom is -0.356 e. The fourth-order valence-corrected chi connectivity index (χ4v) is 4.77. The van der Waals surface area contributed by atoms with E-state index in [1.54, 1.807) is 5.32 Å². The van der Waals surface area contributed by atoms with Crippen LogP contribution >= 0.6 is 0 Å². The van der Waals surface area contributed by atoms with Crippen LogP contribution in [0.1, 0.15) is 117 Å². The van der Waals surface area contributed by atoms with Gasteiger partial charge >= 0.3 is 47.6 Å². The van der Waals surface area contributed by atoms with Crippen LogP contribution in [-0.4, -0.2) is 65.8 Å². The van der Waals surface area contributed by atoms with Crippen LogP contribution in [0, 0.1) is 0 Å². The van der Waals surface area contributed by atoms with Gasteiger partial charge in [-0.1, -0.05) is 97.3 Å². The van der Waals surface area contributed by atoms with E-state index in [2.05, 4.69) is 6.92 Å². The lowest BCUT2D eigenvalue weighted by Crippen LogP contribution is -2.76. The van der Waals surface area contributed by atoms with Crippen LogP contribution in [0.25, 0.3) is 0 Å². The SMILES string of the molecule is CCCCCCCCCCCCCCCCNC(=O)CC(F)(CC)C(F)(F)C(F)(F)C(F)(F)C(F)(F)C(F)(F)C(F)(F)C(F)(F)C(F)(F)F. The number of halogens is 18. The smallest absolute Gasteiger partial charge is 0.356 e. The van der Waals surface area contributed by atoms with Crippen molar-refractivity contribution < 1.29 is 83.8 Å². The summed E-state index contributed by atoms with van der Waals surface area (Å²) >= 11 is 0. The number of hydrogen-bond donors (Lipinski definition) is 1. The Morgan fingerprint density at radius 2 is 0.694 bits per heavy atom. The molecule has 0 rings (SSSR count). The normalized spacial score (nSPS) is 15.8. The zero-order chi connectivity index (χ0) is 38.8. The molecular formula is C29H41F18NO. The Kier molecular flexibility index (Phi) is 17.0. The molecule has 1 N–H and O–H groups in total. The zero-order valence-electron chi connectivity index (χ0n) is 26.7. The Labute approximate surface area is 272 Å². The van der Waals surface area contributed by atoms with Crippen molar-refractivity contribution in [3.8, 4) is 0 Å². The minimum absolute atomic E-state index is 0.123. The van der Waals surface area contributed by atoms with Crippen LogP contribution in [-0.2, 0) is 4.79 Å². The second kappa shape index (κ2) is 17.6. The molecule has 0 aliphatic carbocycles. The topological polar surface area (TPSA) is 29.1 Å². The molecule has 0 saturated heterocycles. The third-order valence-corrected chi connectivity index (χ3v) is 8.14. The highest BCUT2D eigenvalue weighted by atomic mass is 19.4. The number of unbranched alkanes of at least 4 members (excludes halogenated alkanes) is 13.